The van der Waals surface area contributed by atoms with Gasteiger partial charge in [0.25, 0.3) is 0 Å². The van der Waals surface area contributed by atoms with Gasteiger partial charge in [-0.05, 0) is 24.1 Å². The average molecular weight is 160 g/mol. The molecule has 0 aliphatic carbocycles. The summed E-state index contributed by atoms with van der Waals surface area (Å²) in [6.45, 7) is 5.69. The number of rotatable bonds is 0. The van der Waals surface area contributed by atoms with Crippen molar-refractivity contribution < 1.29 is 0 Å². The molecule has 0 spiro atoms. The molecule has 0 saturated carbocycles. The fourth-order valence-corrected chi connectivity index (χ4v) is 1.42. The molecule has 0 saturated heterocycles. The van der Waals surface area contributed by atoms with Crippen LogP contribution in [0.5, 0.6) is 0 Å². The first-order valence-electron chi connectivity index (χ1n) is 4.00. The van der Waals surface area contributed by atoms with Gasteiger partial charge in [0.05, 0.1) is 0 Å². The molecular formula is C10H12N2. The molecule has 62 valence electrons. The summed E-state index contributed by atoms with van der Waals surface area (Å²) in [5.74, 6) is 0. The van der Waals surface area contributed by atoms with Gasteiger partial charge in [-0.15, -0.1) is 0 Å². The molecule has 0 amide bonds. The number of benzene rings is 1. The lowest BCUT2D eigenvalue weighted by atomic mass is 10.0. The standard InChI is InChI=1S/C9H11N.CHN/c1-2-4-9-7-10-6-5-8(9)3-1;1-2/h1-4,10H,5-7H2;1H. The maximum Gasteiger partial charge on any atom is 0.0462 e. The van der Waals surface area contributed by atoms with Crippen LogP contribution >= 0.6 is 0 Å². The SMILES string of the molecule is C#N.c1ccc2c(c1)CCNC2. The van der Waals surface area contributed by atoms with Crippen LogP contribution in [0.4, 0.5) is 0 Å². The topological polar surface area (TPSA) is 35.8 Å². The van der Waals surface area contributed by atoms with E-state index in [2.05, 4.69) is 36.2 Å². The van der Waals surface area contributed by atoms with Crippen LogP contribution in [-0.2, 0) is 13.0 Å². The Hall–Kier alpha value is -1.33. The molecule has 0 aromatic heterocycles. The van der Waals surface area contributed by atoms with Crippen LogP contribution in [0.3, 0.4) is 0 Å². The van der Waals surface area contributed by atoms with Crippen LogP contribution in [0.15, 0.2) is 24.3 Å². The van der Waals surface area contributed by atoms with Crippen molar-refractivity contribution in [1.29, 1.82) is 5.26 Å². The highest BCUT2D eigenvalue weighted by atomic mass is 14.9. The monoisotopic (exact) mass is 160 g/mol. The van der Waals surface area contributed by atoms with E-state index >= 15 is 0 Å². The maximum absolute atomic E-state index is 6.50. The Morgan fingerprint density at radius 2 is 1.83 bits per heavy atom. The Morgan fingerprint density at radius 1 is 1.17 bits per heavy atom. The van der Waals surface area contributed by atoms with Crippen molar-refractivity contribution in [1.82, 2.24) is 5.32 Å². The molecule has 12 heavy (non-hydrogen) atoms. The zero-order chi connectivity index (χ0) is 8.81. The quantitative estimate of drug-likeness (QED) is 0.624. The molecule has 0 bridgehead atoms. The van der Waals surface area contributed by atoms with Crippen LogP contribution in [0, 0.1) is 11.8 Å². The summed E-state index contributed by atoms with van der Waals surface area (Å²) in [6.07, 6.45) is 1.19. The van der Waals surface area contributed by atoms with Gasteiger partial charge in [0, 0.05) is 13.1 Å². The van der Waals surface area contributed by atoms with Crippen molar-refractivity contribution in [2.75, 3.05) is 6.54 Å². The predicted molar refractivity (Wildman–Crippen MR) is 48.5 cm³/mol. The summed E-state index contributed by atoms with van der Waals surface area (Å²) in [5.41, 5.74) is 2.98. The molecule has 0 atom stereocenters. The fraction of sp³-hybridized carbons (Fsp3) is 0.300. The summed E-state index contributed by atoms with van der Waals surface area (Å²) < 4.78 is 0. The molecule has 0 fully saturated rings. The van der Waals surface area contributed by atoms with E-state index in [-0.39, 0.29) is 0 Å². The van der Waals surface area contributed by atoms with Crippen LogP contribution in [0.25, 0.3) is 0 Å². The maximum atomic E-state index is 6.50. The molecule has 1 aliphatic rings. The first kappa shape index (κ1) is 8.76. The highest BCUT2D eigenvalue weighted by molar-refractivity contribution is 5.28. The van der Waals surface area contributed by atoms with Gasteiger partial charge in [0.2, 0.25) is 0 Å². The lowest BCUT2D eigenvalue weighted by Crippen LogP contribution is -2.23. The van der Waals surface area contributed by atoms with E-state index in [9.17, 15) is 0 Å². The second-order valence-electron chi connectivity index (χ2n) is 2.70. The Kier molecular flexibility index (Phi) is 3.31. The van der Waals surface area contributed by atoms with E-state index in [0.29, 0.717) is 0 Å². The van der Waals surface area contributed by atoms with Crippen molar-refractivity contribution in [3.63, 3.8) is 0 Å². The Bertz CT molecular complexity index is 241. The molecular weight excluding hydrogens is 148 g/mol. The number of fused-ring (bicyclic) bond motifs is 1. The van der Waals surface area contributed by atoms with Crippen LogP contribution in [0.1, 0.15) is 11.1 Å². The van der Waals surface area contributed by atoms with Crippen molar-refractivity contribution in [2.45, 2.75) is 13.0 Å². The molecule has 1 aromatic rings. The van der Waals surface area contributed by atoms with Crippen molar-refractivity contribution in [3.05, 3.63) is 35.4 Å². The summed E-state index contributed by atoms with van der Waals surface area (Å²) in [7, 11) is 0. The van der Waals surface area contributed by atoms with Gasteiger partial charge in [-0.3, -0.25) is 0 Å². The minimum Gasteiger partial charge on any atom is -0.312 e. The van der Waals surface area contributed by atoms with Gasteiger partial charge >= 0.3 is 0 Å². The zero-order valence-corrected chi connectivity index (χ0v) is 6.96. The average Bonchev–Trinajstić information content (AvgIpc) is 2.21. The molecule has 1 N–H and O–H groups in total. The largest absolute Gasteiger partial charge is 0.312 e. The van der Waals surface area contributed by atoms with Gasteiger partial charge in [-0.1, -0.05) is 24.3 Å². The van der Waals surface area contributed by atoms with E-state index in [1.54, 1.807) is 0 Å². The summed E-state index contributed by atoms with van der Waals surface area (Å²) in [6, 6.07) is 8.63. The molecule has 2 rings (SSSR count). The predicted octanol–water partition coefficient (Wildman–Crippen LogP) is 1.47. The Labute approximate surface area is 72.8 Å². The van der Waals surface area contributed by atoms with Gasteiger partial charge < -0.3 is 5.32 Å². The highest BCUT2D eigenvalue weighted by Gasteiger charge is 2.05. The first-order chi connectivity index (χ1) is 5.97. The second-order valence-corrected chi connectivity index (χ2v) is 2.70. The van der Waals surface area contributed by atoms with E-state index in [1.165, 1.54) is 17.5 Å². The molecule has 2 nitrogen and oxygen atoms in total. The van der Waals surface area contributed by atoms with Gasteiger partial charge in [-0.25, -0.2) is 5.26 Å². The molecule has 0 unspecified atom stereocenters. The third kappa shape index (κ3) is 1.84. The Balaban J connectivity index is 0.000000336. The van der Waals surface area contributed by atoms with E-state index in [4.69, 9.17) is 5.26 Å². The summed E-state index contributed by atoms with van der Waals surface area (Å²) in [5, 5.41) is 9.84. The van der Waals surface area contributed by atoms with Gasteiger partial charge in [0.1, 0.15) is 0 Å². The lowest BCUT2D eigenvalue weighted by Gasteiger charge is -2.15. The zero-order valence-electron chi connectivity index (χ0n) is 6.96. The number of nitrogens with zero attached hydrogens (tertiary/aromatic N) is 1. The van der Waals surface area contributed by atoms with Gasteiger partial charge in [-0.2, -0.15) is 0 Å². The molecule has 0 radical (unpaired) electrons. The van der Waals surface area contributed by atoms with Crippen molar-refractivity contribution >= 4 is 0 Å². The fourth-order valence-electron chi connectivity index (χ4n) is 1.42. The summed E-state index contributed by atoms with van der Waals surface area (Å²) >= 11 is 0. The van der Waals surface area contributed by atoms with E-state index in [0.717, 1.165) is 13.1 Å². The lowest BCUT2D eigenvalue weighted by molar-refractivity contribution is 0.644. The third-order valence-electron chi connectivity index (χ3n) is 2.00. The van der Waals surface area contributed by atoms with Crippen LogP contribution in [-0.4, -0.2) is 6.54 Å². The first-order valence-corrected chi connectivity index (χ1v) is 4.00. The minimum atomic E-state index is 1.05. The van der Waals surface area contributed by atoms with E-state index in [1.807, 2.05) is 0 Å². The number of nitriles is 1. The second kappa shape index (κ2) is 4.53. The van der Waals surface area contributed by atoms with Crippen LogP contribution in [0.2, 0.25) is 0 Å². The molecule has 1 aromatic carbocycles. The molecule has 2 heteroatoms. The third-order valence-corrected chi connectivity index (χ3v) is 2.00. The number of nitrogens with one attached hydrogen (secondary N) is 1. The van der Waals surface area contributed by atoms with Gasteiger partial charge in [0.15, 0.2) is 0 Å². The number of hydrogen-bond donors (Lipinski definition) is 1. The molecule has 1 aliphatic heterocycles. The van der Waals surface area contributed by atoms with Crippen molar-refractivity contribution in [2.24, 2.45) is 0 Å². The highest BCUT2D eigenvalue weighted by Crippen LogP contribution is 2.11. The van der Waals surface area contributed by atoms with E-state index < -0.39 is 0 Å². The summed E-state index contributed by atoms with van der Waals surface area (Å²) in [4.78, 5) is 0. The van der Waals surface area contributed by atoms with Crippen molar-refractivity contribution in [3.8, 4) is 6.57 Å². The normalized spacial score (nSPS) is 13.8. The minimum absolute atomic E-state index is 1.05. The Morgan fingerprint density at radius 3 is 2.50 bits per heavy atom. The smallest absolute Gasteiger partial charge is 0.0462 e. The van der Waals surface area contributed by atoms with Crippen LogP contribution < -0.4 is 5.32 Å². The number of hydrogen-bond acceptors (Lipinski definition) is 2. The molecule has 1 heterocycles.